The van der Waals surface area contributed by atoms with Gasteiger partial charge in [0.05, 0.1) is 13.2 Å². The Labute approximate surface area is 113 Å². The summed E-state index contributed by atoms with van der Waals surface area (Å²) in [6, 6.07) is 0. The molecule has 3 unspecified atom stereocenters. The van der Waals surface area contributed by atoms with Crippen LogP contribution in [0.15, 0.2) is 0 Å². The Hall–Kier alpha value is 0.272. The zero-order valence-corrected chi connectivity index (χ0v) is 12.9. The summed E-state index contributed by atoms with van der Waals surface area (Å²) in [4.78, 5) is 0. The van der Waals surface area contributed by atoms with E-state index < -0.39 is 29.1 Å². The van der Waals surface area contributed by atoms with Crippen LogP contribution in [0.4, 0.5) is 0 Å². The molecule has 1 radical (unpaired) electrons. The summed E-state index contributed by atoms with van der Waals surface area (Å²) in [5.41, 5.74) is 0. The third kappa shape index (κ3) is 8.39. The van der Waals surface area contributed by atoms with Crippen molar-refractivity contribution in [2.24, 2.45) is 0 Å². The molecule has 3 atom stereocenters. The van der Waals surface area contributed by atoms with Crippen molar-refractivity contribution in [1.29, 1.82) is 2.57 Å². The average Bonchev–Trinajstić information content (AvgIpc) is 2.41. The van der Waals surface area contributed by atoms with Crippen molar-refractivity contribution >= 4 is 24.1 Å². The molecule has 10 heteroatoms. The molecular weight excluding hydrogens is 278 g/mol. The molecule has 0 aromatic rings. The molecule has 0 aliphatic heterocycles. The van der Waals surface area contributed by atoms with Gasteiger partial charge in [0, 0.05) is 15.5 Å². The third-order valence-electron chi connectivity index (χ3n) is 1.75. The smallest absolute Gasteiger partial charge is 0.427 e. The van der Waals surface area contributed by atoms with E-state index in [1.165, 1.54) is 27.7 Å². The molecule has 0 heterocycles. The minimum absolute atomic E-state index is 0.128. The van der Waals surface area contributed by atoms with E-state index in [1.54, 1.807) is 0 Å². The first-order valence-corrected chi connectivity index (χ1v) is 8.69. The summed E-state index contributed by atoms with van der Waals surface area (Å²) in [6.07, 6.45) is -1.90. The second-order valence-corrected chi connectivity index (χ2v) is 6.74. The number of hydrogen-bond acceptors (Lipinski definition) is 7. The summed E-state index contributed by atoms with van der Waals surface area (Å²) in [5, 5.41) is 9.07. The molecule has 0 aliphatic rings. The number of rotatable bonds is 11. The number of aliphatic hydroxyl groups is 1. The fourth-order valence-electron chi connectivity index (χ4n) is 0.923. The molecule has 0 aromatic carbocycles. The van der Waals surface area contributed by atoms with Gasteiger partial charge in [-0.25, -0.2) is 4.57 Å². The Kier molecular flexibility index (Phi) is 7.52. The molecular formula is C8H21BO7PSi. The first kappa shape index (κ1) is 14.7. The molecule has 0 amide bonds. The highest BCUT2D eigenvalue weighted by molar-refractivity contribution is 7.48. The molecule has 0 bridgehead atoms. The Morgan fingerprint density at radius 1 is 1.56 bits per heavy atom. The zero-order valence-electron chi connectivity index (χ0n) is 13.0. The largest absolute Gasteiger partial charge is 0.474 e. The topological polar surface area (TPSA) is 83.5 Å². The van der Waals surface area contributed by atoms with Gasteiger partial charge in [-0.3, -0.25) is 13.6 Å². The Morgan fingerprint density at radius 2 is 2.17 bits per heavy atom. The van der Waals surface area contributed by atoms with Gasteiger partial charge in [-0.05, 0) is 8.26 Å². The molecule has 0 saturated heterocycles. The van der Waals surface area contributed by atoms with Gasteiger partial charge in [0.25, 0.3) is 0 Å². The van der Waals surface area contributed by atoms with E-state index in [-0.39, 0.29) is 13.2 Å². The number of phosphoric acid groups is 1. The van der Waals surface area contributed by atoms with Crippen LogP contribution in [0.2, 0.25) is 6.55 Å². The third-order valence-corrected chi connectivity index (χ3v) is 3.82. The SMILES string of the molecule is [2H][Si](C)([B][3H])OCC(COC(C)O)OP(=O)(OC)OC. The van der Waals surface area contributed by atoms with Crippen LogP contribution >= 0.6 is 7.82 Å². The van der Waals surface area contributed by atoms with Crippen LogP contribution < -0.4 is 0 Å². The average molecular weight is 302 g/mol. The number of hydrogen-bond donors (Lipinski definition) is 1. The molecule has 0 rings (SSSR count). The number of phosphoric ester groups is 1. The maximum Gasteiger partial charge on any atom is 0.474 e. The van der Waals surface area contributed by atoms with Gasteiger partial charge >= 0.3 is 7.82 Å². The monoisotopic (exact) mass is 302 g/mol. The zero-order chi connectivity index (χ0) is 15.8. The summed E-state index contributed by atoms with van der Waals surface area (Å²) >= 11 is 0. The highest BCUT2D eigenvalue weighted by Crippen LogP contribution is 2.48. The highest BCUT2D eigenvalue weighted by Gasteiger charge is 2.28. The van der Waals surface area contributed by atoms with Crippen molar-refractivity contribution in [2.45, 2.75) is 25.9 Å². The maximum atomic E-state index is 11.9. The van der Waals surface area contributed by atoms with Crippen LogP contribution in [0.3, 0.4) is 0 Å². The minimum atomic E-state index is -3.73. The predicted molar refractivity (Wildman–Crippen MR) is 70.2 cm³/mol. The van der Waals surface area contributed by atoms with E-state index in [0.717, 1.165) is 7.40 Å². The Balaban J connectivity index is 4.60. The molecule has 107 valence electrons. The molecule has 0 aromatic heterocycles. The Bertz CT molecular complexity index is 315. The summed E-state index contributed by atoms with van der Waals surface area (Å²) in [7, 11) is -3.43. The van der Waals surface area contributed by atoms with Crippen LogP contribution in [0, 0.1) is 0 Å². The van der Waals surface area contributed by atoms with Crippen LogP contribution in [0.1, 0.15) is 6.92 Å². The van der Waals surface area contributed by atoms with E-state index in [0.29, 0.717) is 0 Å². The van der Waals surface area contributed by atoms with Gasteiger partial charge in [0.1, 0.15) is 22.3 Å². The summed E-state index contributed by atoms with van der Waals surface area (Å²) in [6.45, 7) is 2.64. The van der Waals surface area contributed by atoms with Crippen molar-refractivity contribution in [3.63, 3.8) is 0 Å². The minimum Gasteiger partial charge on any atom is -0.427 e. The van der Waals surface area contributed by atoms with E-state index in [1.807, 2.05) is 0 Å². The van der Waals surface area contributed by atoms with Crippen LogP contribution in [-0.4, -0.2) is 63.7 Å². The number of aliphatic hydroxyl groups excluding tert-OH is 1. The number of ether oxygens (including phenoxy) is 1. The molecule has 1 N–H and O–H groups in total. The van der Waals surface area contributed by atoms with Crippen molar-refractivity contribution in [3.05, 3.63) is 0 Å². The van der Waals surface area contributed by atoms with Crippen molar-refractivity contribution in [3.8, 4) is 0 Å². The van der Waals surface area contributed by atoms with Gasteiger partial charge < -0.3 is 14.3 Å². The fourth-order valence-corrected chi connectivity index (χ4v) is 2.18. The highest BCUT2D eigenvalue weighted by atomic mass is 31.2. The van der Waals surface area contributed by atoms with E-state index in [4.69, 9.17) is 21.4 Å². The van der Waals surface area contributed by atoms with Crippen molar-refractivity contribution in [2.75, 3.05) is 27.4 Å². The van der Waals surface area contributed by atoms with Crippen LogP contribution in [0.25, 0.3) is 0 Å². The van der Waals surface area contributed by atoms with Gasteiger partial charge in [-0.15, -0.1) is 0 Å². The van der Waals surface area contributed by atoms with Crippen molar-refractivity contribution < 1.29 is 32.4 Å². The van der Waals surface area contributed by atoms with E-state index in [9.17, 15) is 4.57 Å². The van der Waals surface area contributed by atoms with Gasteiger partial charge in [0.2, 0.25) is 0 Å². The van der Waals surface area contributed by atoms with Gasteiger partial charge in [-0.1, -0.05) is 6.55 Å². The lowest BCUT2D eigenvalue weighted by molar-refractivity contribution is -0.113. The second kappa shape index (κ2) is 9.22. The van der Waals surface area contributed by atoms with E-state index in [2.05, 4.69) is 9.05 Å². The van der Waals surface area contributed by atoms with E-state index >= 15 is 0 Å². The summed E-state index contributed by atoms with van der Waals surface area (Å²) in [5.74, 6) is 0. The molecule has 0 fully saturated rings. The summed E-state index contributed by atoms with van der Waals surface area (Å²) < 4.78 is 51.3. The lowest BCUT2D eigenvalue weighted by Gasteiger charge is -2.23. The first-order chi connectivity index (χ1) is 9.18. The van der Waals surface area contributed by atoms with Crippen LogP contribution in [-0.2, 0) is 27.3 Å². The normalized spacial score (nSPS) is 20.5. The molecule has 0 spiro atoms. The fraction of sp³-hybridized carbons (Fsp3) is 1.00. The van der Waals surface area contributed by atoms with Crippen molar-refractivity contribution in [1.82, 2.24) is 0 Å². The molecule has 18 heavy (non-hydrogen) atoms. The molecule has 0 aliphatic carbocycles. The second-order valence-electron chi connectivity index (χ2n) is 3.39. The standard InChI is InChI=1S/C8H21BO7PSi/c1-7(10)14-5-8(6-15-18(4)9)16-17(11,12-2)13-3/h7-10,18H,5-6H2,1-4H3/i9T,18D. The van der Waals surface area contributed by atoms with Gasteiger partial charge in [-0.2, -0.15) is 0 Å². The van der Waals surface area contributed by atoms with Crippen LogP contribution in [0.5, 0.6) is 0 Å². The lowest BCUT2D eigenvalue weighted by atomic mass is 10.4. The first-order valence-electron chi connectivity index (χ1n) is 6.32. The molecule has 7 nitrogen and oxygen atoms in total. The lowest BCUT2D eigenvalue weighted by Crippen LogP contribution is -2.30. The quantitative estimate of drug-likeness (QED) is 0.324. The van der Waals surface area contributed by atoms with Gasteiger partial charge in [0.15, 0.2) is 6.29 Å². The molecule has 0 saturated carbocycles. The predicted octanol–water partition coefficient (Wildman–Crippen LogP) is -0.105. The Morgan fingerprint density at radius 3 is 2.61 bits per heavy atom. The maximum absolute atomic E-state index is 11.9.